The second kappa shape index (κ2) is 7.16. The summed E-state index contributed by atoms with van der Waals surface area (Å²) in [5.74, 6) is 0.438. The van der Waals surface area contributed by atoms with E-state index in [1.807, 2.05) is 49.6 Å². The van der Waals surface area contributed by atoms with Crippen molar-refractivity contribution in [3.05, 3.63) is 68.7 Å². The van der Waals surface area contributed by atoms with Crippen molar-refractivity contribution in [2.75, 3.05) is 7.05 Å². The van der Waals surface area contributed by atoms with Gasteiger partial charge in [-0.2, -0.15) is 0 Å². The molecule has 0 fully saturated rings. The lowest BCUT2D eigenvalue weighted by Gasteiger charge is -2.18. The SMILES string of the molecule is Cc1nc2ccccc2c(C)c1CC(=O)N(C)Cc1nc2ccsc2c(=O)[nH]1. The van der Waals surface area contributed by atoms with Crippen LogP contribution >= 0.6 is 11.3 Å². The summed E-state index contributed by atoms with van der Waals surface area (Å²) in [6, 6.07) is 9.76. The molecule has 0 aliphatic rings. The first-order chi connectivity index (χ1) is 13.4. The van der Waals surface area contributed by atoms with Crippen molar-refractivity contribution in [2.24, 2.45) is 0 Å². The molecule has 6 nitrogen and oxygen atoms in total. The third-order valence-electron chi connectivity index (χ3n) is 4.99. The van der Waals surface area contributed by atoms with Gasteiger partial charge < -0.3 is 9.88 Å². The van der Waals surface area contributed by atoms with Crippen molar-refractivity contribution < 1.29 is 4.79 Å². The number of thiophene rings is 1. The van der Waals surface area contributed by atoms with Gasteiger partial charge in [-0.15, -0.1) is 11.3 Å². The van der Waals surface area contributed by atoms with Crippen molar-refractivity contribution in [2.45, 2.75) is 26.8 Å². The Balaban J connectivity index is 1.57. The highest BCUT2D eigenvalue weighted by Gasteiger charge is 2.17. The van der Waals surface area contributed by atoms with E-state index in [1.165, 1.54) is 11.3 Å². The van der Waals surface area contributed by atoms with Crippen LogP contribution in [0.5, 0.6) is 0 Å². The third kappa shape index (κ3) is 3.29. The van der Waals surface area contributed by atoms with E-state index in [-0.39, 0.29) is 24.4 Å². The smallest absolute Gasteiger partial charge is 0.268 e. The number of aromatic amines is 1. The molecule has 0 radical (unpaired) electrons. The lowest BCUT2D eigenvalue weighted by atomic mass is 9.99. The molecule has 0 spiro atoms. The maximum Gasteiger partial charge on any atom is 0.268 e. The zero-order valence-corrected chi connectivity index (χ0v) is 16.8. The molecule has 7 heteroatoms. The largest absolute Gasteiger partial charge is 0.338 e. The average molecular weight is 392 g/mol. The zero-order valence-electron chi connectivity index (χ0n) is 15.9. The van der Waals surface area contributed by atoms with Crippen molar-refractivity contribution in [3.8, 4) is 0 Å². The van der Waals surface area contributed by atoms with E-state index >= 15 is 0 Å². The van der Waals surface area contributed by atoms with Crippen molar-refractivity contribution >= 4 is 38.4 Å². The van der Waals surface area contributed by atoms with Crippen molar-refractivity contribution in [1.82, 2.24) is 19.9 Å². The summed E-state index contributed by atoms with van der Waals surface area (Å²) in [6.07, 6.45) is 0.261. The van der Waals surface area contributed by atoms with Crippen LogP contribution in [0.25, 0.3) is 21.1 Å². The minimum absolute atomic E-state index is 0.0451. The Morgan fingerprint density at radius 3 is 2.75 bits per heavy atom. The second-order valence-corrected chi connectivity index (χ2v) is 7.81. The molecule has 3 heterocycles. The predicted octanol–water partition coefficient (Wildman–Crippen LogP) is 3.35. The minimum atomic E-state index is -0.165. The molecular weight excluding hydrogens is 372 g/mol. The highest BCUT2D eigenvalue weighted by atomic mass is 32.1. The number of benzene rings is 1. The van der Waals surface area contributed by atoms with Crippen molar-refractivity contribution in [1.29, 1.82) is 0 Å². The number of rotatable bonds is 4. The molecule has 0 saturated carbocycles. The van der Waals surface area contributed by atoms with Gasteiger partial charge in [0.15, 0.2) is 0 Å². The lowest BCUT2D eigenvalue weighted by Crippen LogP contribution is -2.30. The number of likely N-dealkylation sites (N-methyl/N-ethyl adjacent to an activating group) is 1. The zero-order chi connectivity index (χ0) is 19.8. The quantitative estimate of drug-likeness (QED) is 0.578. The van der Waals surface area contributed by atoms with Gasteiger partial charge in [0.05, 0.1) is 24.0 Å². The van der Waals surface area contributed by atoms with Gasteiger partial charge in [-0.25, -0.2) is 4.98 Å². The van der Waals surface area contributed by atoms with E-state index in [1.54, 1.807) is 11.9 Å². The van der Waals surface area contributed by atoms with Crippen LogP contribution in [0.4, 0.5) is 0 Å². The molecule has 0 aliphatic carbocycles. The number of nitrogens with one attached hydrogen (secondary N) is 1. The van der Waals surface area contributed by atoms with Crippen molar-refractivity contribution in [3.63, 3.8) is 0 Å². The summed E-state index contributed by atoms with van der Waals surface area (Å²) in [7, 11) is 1.72. The van der Waals surface area contributed by atoms with E-state index in [4.69, 9.17) is 0 Å². The molecule has 1 aromatic carbocycles. The monoisotopic (exact) mass is 392 g/mol. The Morgan fingerprint density at radius 1 is 1.14 bits per heavy atom. The Labute approximate surface area is 165 Å². The number of aryl methyl sites for hydroxylation is 2. The van der Waals surface area contributed by atoms with Crippen LogP contribution in [0.1, 0.15) is 22.6 Å². The molecule has 1 N–H and O–H groups in total. The Hall–Kier alpha value is -3.06. The molecule has 1 amide bonds. The molecule has 3 aromatic heterocycles. The molecule has 4 aromatic rings. The summed E-state index contributed by atoms with van der Waals surface area (Å²) >= 11 is 1.36. The van der Waals surface area contributed by atoms with Gasteiger partial charge in [0.25, 0.3) is 5.56 Å². The molecular formula is C21H20N4O2S. The van der Waals surface area contributed by atoms with Gasteiger partial charge in [-0.05, 0) is 42.5 Å². The Bertz CT molecular complexity index is 1260. The van der Waals surface area contributed by atoms with Crippen LogP contribution in [0.15, 0.2) is 40.5 Å². The fourth-order valence-electron chi connectivity index (χ4n) is 3.43. The van der Waals surface area contributed by atoms with Gasteiger partial charge >= 0.3 is 0 Å². The van der Waals surface area contributed by atoms with Gasteiger partial charge in [0.1, 0.15) is 10.5 Å². The number of aromatic nitrogens is 3. The Morgan fingerprint density at radius 2 is 1.93 bits per heavy atom. The maximum absolute atomic E-state index is 12.8. The van der Waals surface area contributed by atoms with E-state index in [0.29, 0.717) is 16.0 Å². The standard InChI is InChI=1S/C21H20N4O2S/c1-12-14-6-4-5-7-16(14)22-13(2)15(12)10-19(26)25(3)11-18-23-17-8-9-28-20(17)21(27)24-18/h4-9H,10-11H2,1-3H3,(H,23,24,27). The first-order valence-electron chi connectivity index (χ1n) is 8.99. The van der Waals surface area contributed by atoms with Gasteiger partial charge in [0, 0.05) is 18.1 Å². The van der Waals surface area contributed by atoms with Crippen LogP contribution < -0.4 is 5.56 Å². The highest BCUT2D eigenvalue weighted by molar-refractivity contribution is 7.17. The normalized spacial score (nSPS) is 11.2. The summed E-state index contributed by atoms with van der Waals surface area (Å²) in [5.41, 5.74) is 4.33. The number of hydrogen-bond donors (Lipinski definition) is 1. The first-order valence-corrected chi connectivity index (χ1v) is 9.87. The minimum Gasteiger partial charge on any atom is -0.338 e. The Kier molecular flexibility index (Phi) is 4.68. The van der Waals surface area contributed by atoms with Crippen LogP contribution in [0.3, 0.4) is 0 Å². The maximum atomic E-state index is 12.8. The number of para-hydroxylation sites is 1. The number of pyridine rings is 1. The summed E-state index contributed by atoms with van der Waals surface area (Å²) in [5, 5.41) is 2.90. The second-order valence-electron chi connectivity index (χ2n) is 6.89. The van der Waals surface area contributed by atoms with Crippen LogP contribution in [-0.4, -0.2) is 32.8 Å². The summed E-state index contributed by atoms with van der Waals surface area (Å²) in [6.45, 7) is 4.22. The van der Waals surface area contributed by atoms with E-state index in [2.05, 4.69) is 15.0 Å². The van der Waals surface area contributed by atoms with Crippen LogP contribution in [0, 0.1) is 13.8 Å². The molecule has 0 aliphatic heterocycles. The van der Waals surface area contributed by atoms with Gasteiger partial charge in [0.2, 0.25) is 5.91 Å². The first kappa shape index (κ1) is 18.3. The number of carbonyl (C=O) groups excluding carboxylic acids is 1. The number of amides is 1. The number of carbonyl (C=O) groups is 1. The van der Waals surface area contributed by atoms with Crippen LogP contribution in [0.2, 0.25) is 0 Å². The number of nitrogens with zero attached hydrogens (tertiary/aromatic N) is 3. The summed E-state index contributed by atoms with van der Waals surface area (Å²) in [4.78, 5) is 38.4. The topological polar surface area (TPSA) is 79.0 Å². The van der Waals surface area contributed by atoms with Crippen LogP contribution in [-0.2, 0) is 17.8 Å². The molecule has 142 valence electrons. The summed E-state index contributed by atoms with van der Waals surface area (Å²) < 4.78 is 0.603. The van der Waals surface area contributed by atoms with E-state index in [9.17, 15) is 9.59 Å². The van der Waals surface area contributed by atoms with E-state index in [0.717, 1.165) is 27.7 Å². The molecule has 0 bridgehead atoms. The molecule has 4 rings (SSSR count). The van der Waals surface area contributed by atoms with Gasteiger partial charge in [-0.1, -0.05) is 18.2 Å². The molecule has 28 heavy (non-hydrogen) atoms. The fraction of sp³-hybridized carbons (Fsp3) is 0.238. The molecule has 0 saturated heterocycles. The lowest BCUT2D eigenvalue weighted by molar-refractivity contribution is -0.129. The number of H-pyrrole nitrogens is 1. The molecule has 0 unspecified atom stereocenters. The number of hydrogen-bond acceptors (Lipinski definition) is 5. The average Bonchev–Trinajstić information content (AvgIpc) is 3.14. The molecule has 0 atom stereocenters. The van der Waals surface area contributed by atoms with Gasteiger partial charge in [-0.3, -0.25) is 14.6 Å². The predicted molar refractivity (Wildman–Crippen MR) is 112 cm³/mol. The fourth-order valence-corrected chi connectivity index (χ4v) is 4.15. The number of fused-ring (bicyclic) bond motifs is 2. The van der Waals surface area contributed by atoms with E-state index < -0.39 is 0 Å². The highest BCUT2D eigenvalue weighted by Crippen LogP contribution is 2.23. The third-order valence-corrected chi connectivity index (χ3v) is 5.89.